The Kier molecular flexibility index (Phi) is 3.98. The van der Waals surface area contributed by atoms with Crippen molar-refractivity contribution in [1.29, 1.82) is 0 Å². The topological polar surface area (TPSA) is 131 Å². The second-order valence-corrected chi connectivity index (χ2v) is 5.72. The summed E-state index contributed by atoms with van der Waals surface area (Å²) in [6, 6.07) is 1.59. The largest absolute Gasteiger partial charge is 0.388 e. The lowest BCUT2D eigenvalue weighted by Gasteiger charge is -2.36. The first-order valence-electron chi connectivity index (χ1n) is 6.79. The van der Waals surface area contributed by atoms with Crippen LogP contribution in [0.1, 0.15) is 11.8 Å². The highest BCUT2D eigenvalue weighted by atomic mass is 35.5. The maximum atomic E-state index is 11.1. The molecule has 1 aliphatic heterocycles. The maximum Gasteiger partial charge on any atom is 0.310 e. The van der Waals surface area contributed by atoms with Crippen LogP contribution in [0.3, 0.4) is 0 Å². The van der Waals surface area contributed by atoms with Gasteiger partial charge in [0, 0.05) is 17.1 Å². The lowest BCUT2D eigenvalue weighted by molar-refractivity contribution is -0.385. The zero-order valence-electron chi connectivity index (χ0n) is 12.0. The number of fused-ring (bicyclic) bond motifs is 1. The second-order valence-electron chi connectivity index (χ2n) is 5.37. The lowest BCUT2D eigenvalue weighted by atomic mass is 10.0. The number of rotatable bonds is 2. The van der Waals surface area contributed by atoms with Gasteiger partial charge in [0.05, 0.1) is 11.5 Å². The fourth-order valence-corrected chi connectivity index (χ4v) is 3.02. The van der Waals surface area contributed by atoms with Crippen LogP contribution in [0, 0.1) is 17.0 Å². The lowest BCUT2D eigenvalue weighted by Crippen LogP contribution is -2.50. The van der Waals surface area contributed by atoms with Gasteiger partial charge in [0.2, 0.25) is 5.15 Å². The standard InChI is InChI=1S/C13H14ClN3O6/c1-5-6-2-3-16(12(6)15-11(14)8(5)17(21)22)13-10(20)9(19)7(18)4-23-13/h2-3,7,9-10,13,18-20H,4H2,1H3/t7-,9-,10+,13+/m0/s1. The Hall–Kier alpha value is -1.78. The molecule has 23 heavy (non-hydrogen) atoms. The van der Waals surface area contributed by atoms with Gasteiger partial charge in [-0.05, 0) is 13.0 Å². The molecular weight excluding hydrogens is 330 g/mol. The average molecular weight is 344 g/mol. The van der Waals surface area contributed by atoms with Gasteiger partial charge in [-0.1, -0.05) is 11.6 Å². The summed E-state index contributed by atoms with van der Waals surface area (Å²) in [4.78, 5) is 14.5. The number of pyridine rings is 1. The molecule has 0 saturated carbocycles. The van der Waals surface area contributed by atoms with Gasteiger partial charge in [-0.15, -0.1) is 0 Å². The van der Waals surface area contributed by atoms with Crippen molar-refractivity contribution < 1.29 is 25.0 Å². The fourth-order valence-electron chi connectivity index (χ4n) is 2.73. The van der Waals surface area contributed by atoms with Crippen molar-refractivity contribution in [1.82, 2.24) is 9.55 Å². The quantitative estimate of drug-likeness (QED) is 0.411. The molecule has 0 radical (unpaired) electrons. The van der Waals surface area contributed by atoms with Crippen molar-refractivity contribution in [2.75, 3.05) is 6.61 Å². The summed E-state index contributed by atoms with van der Waals surface area (Å²) in [5, 5.41) is 40.7. The van der Waals surface area contributed by atoms with Gasteiger partial charge in [0.15, 0.2) is 6.23 Å². The highest BCUT2D eigenvalue weighted by Crippen LogP contribution is 2.35. The van der Waals surface area contributed by atoms with Crippen molar-refractivity contribution in [2.45, 2.75) is 31.5 Å². The van der Waals surface area contributed by atoms with E-state index in [9.17, 15) is 25.4 Å². The summed E-state index contributed by atoms with van der Waals surface area (Å²) < 4.78 is 6.80. The van der Waals surface area contributed by atoms with Gasteiger partial charge in [0.1, 0.15) is 24.0 Å². The molecule has 0 amide bonds. The summed E-state index contributed by atoms with van der Waals surface area (Å²) in [7, 11) is 0. The van der Waals surface area contributed by atoms with E-state index in [4.69, 9.17) is 16.3 Å². The molecule has 0 spiro atoms. The molecule has 10 heteroatoms. The van der Waals surface area contributed by atoms with Crippen molar-refractivity contribution in [3.8, 4) is 0 Å². The normalized spacial score (nSPS) is 28.2. The van der Waals surface area contributed by atoms with Gasteiger partial charge in [-0.3, -0.25) is 10.1 Å². The monoisotopic (exact) mass is 343 g/mol. The highest BCUT2D eigenvalue weighted by Gasteiger charge is 2.39. The second kappa shape index (κ2) is 5.69. The molecule has 9 nitrogen and oxygen atoms in total. The van der Waals surface area contributed by atoms with Crippen LogP contribution in [-0.4, -0.2) is 54.7 Å². The Balaban J connectivity index is 2.12. The minimum atomic E-state index is -1.38. The van der Waals surface area contributed by atoms with Crippen LogP contribution in [0.25, 0.3) is 11.0 Å². The summed E-state index contributed by atoms with van der Waals surface area (Å²) in [5.41, 5.74) is 0.345. The van der Waals surface area contributed by atoms with Crippen molar-refractivity contribution >= 4 is 28.3 Å². The number of aliphatic hydroxyl groups excluding tert-OH is 3. The van der Waals surface area contributed by atoms with E-state index in [1.807, 2.05) is 0 Å². The Labute approximate surface area is 134 Å². The number of nitro groups is 1. The molecule has 2 aromatic rings. The molecule has 0 bridgehead atoms. The number of halogens is 1. The first-order valence-corrected chi connectivity index (χ1v) is 7.17. The molecule has 124 valence electrons. The maximum absolute atomic E-state index is 11.1. The SMILES string of the molecule is Cc1c([N+](=O)[O-])c(Cl)nc2c1ccn2[C@@H]1OC[C@H](O)[C@H](O)[C@H]1O. The van der Waals surface area contributed by atoms with E-state index in [2.05, 4.69) is 4.98 Å². The molecular formula is C13H14ClN3O6. The number of nitrogens with zero attached hydrogens (tertiary/aromatic N) is 3. The molecule has 1 saturated heterocycles. The summed E-state index contributed by atoms with van der Waals surface area (Å²) in [6.07, 6.45) is -3.41. The zero-order valence-corrected chi connectivity index (χ0v) is 12.7. The molecule has 0 unspecified atom stereocenters. The molecule has 1 aliphatic rings. The molecule has 0 aliphatic carbocycles. The minimum absolute atomic E-state index is 0.164. The number of ether oxygens (including phenoxy) is 1. The van der Waals surface area contributed by atoms with Crippen LogP contribution in [0.4, 0.5) is 5.69 Å². The van der Waals surface area contributed by atoms with E-state index in [0.29, 0.717) is 10.9 Å². The smallest absolute Gasteiger partial charge is 0.310 e. The fraction of sp³-hybridized carbons (Fsp3) is 0.462. The number of hydrogen-bond acceptors (Lipinski definition) is 7. The third kappa shape index (κ3) is 2.46. The van der Waals surface area contributed by atoms with Gasteiger partial charge < -0.3 is 24.6 Å². The van der Waals surface area contributed by atoms with Crippen LogP contribution >= 0.6 is 11.6 Å². The van der Waals surface area contributed by atoms with Gasteiger partial charge in [-0.2, -0.15) is 0 Å². The van der Waals surface area contributed by atoms with E-state index in [1.54, 1.807) is 13.0 Å². The van der Waals surface area contributed by atoms with E-state index in [1.165, 1.54) is 10.8 Å². The van der Waals surface area contributed by atoms with E-state index in [0.717, 1.165) is 0 Å². The molecule has 2 aromatic heterocycles. The molecule has 4 atom stereocenters. The van der Waals surface area contributed by atoms with Gasteiger partial charge in [-0.25, -0.2) is 4.98 Å². The predicted molar refractivity (Wildman–Crippen MR) is 79.1 cm³/mol. The van der Waals surface area contributed by atoms with Crippen LogP contribution in [0.15, 0.2) is 12.3 Å². The molecule has 3 heterocycles. The van der Waals surface area contributed by atoms with Crippen LogP contribution in [-0.2, 0) is 4.74 Å². The Morgan fingerprint density at radius 3 is 2.78 bits per heavy atom. The first-order chi connectivity index (χ1) is 10.8. The third-order valence-electron chi connectivity index (χ3n) is 3.98. The zero-order chi connectivity index (χ0) is 16.9. The van der Waals surface area contributed by atoms with Crippen LogP contribution in [0.5, 0.6) is 0 Å². The minimum Gasteiger partial charge on any atom is -0.388 e. The van der Waals surface area contributed by atoms with E-state index < -0.39 is 29.5 Å². The van der Waals surface area contributed by atoms with E-state index in [-0.39, 0.29) is 23.1 Å². The van der Waals surface area contributed by atoms with Gasteiger partial charge >= 0.3 is 5.69 Å². The first kappa shape index (κ1) is 16.1. The molecule has 1 fully saturated rings. The predicted octanol–water partition coefficient (Wildman–Crippen LogP) is 0.518. The number of aromatic nitrogens is 2. The molecule has 3 N–H and O–H groups in total. The molecule has 3 rings (SSSR count). The molecule has 0 aromatic carbocycles. The van der Waals surface area contributed by atoms with Crippen LogP contribution in [0.2, 0.25) is 5.15 Å². The summed E-state index contributed by atoms with van der Waals surface area (Å²) in [5.74, 6) is 0. The number of aliphatic hydroxyl groups is 3. The number of aryl methyl sites for hydroxylation is 1. The van der Waals surface area contributed by atoms with E-state index >= 15 is 0 Å². The highest BCUT2D eigenvalue weighted by molar-refractivity contribution is 6.32. The van der Waals surface area contributed by atoms with Crippen molar-refractivity contribution in [3.05, 3.63) is 33.1 Å². The van der Waals surface area contributed by atoms with Crippen molar-refractivity contribution in [3.63, 3.8) is 0 Å². The van der Waals surface area contributed by atoms with Gasteiger partial charge in [0.25, 0.3) is 0 Å². The Morgan fingerprint density at radius 1 is 1.43 bits per heavy atom. The third-order valence-corrected chi connectivity index (χ3v) is 4.24. The summed E-state index contributed by atoms with van der Waals surface area (Å²) in [6.45, 7) is 1.39. The number of hydrogen-bond donors (Lipinski definition) is 3. The van der Waals surface area contributed by atoms with Crippen molar-refractivity contribution in [2.24, 2.45) is 0 Å². The Bertz CT molecular complexity index is 779. The van der Waals surface area contributed by atoms with Crippen LogP contribution < -0.4 is 0 Å². The summed E-state index contributed by atoms with van der Waals surface area (Å²) >= 11 is 5.90. The average Bonchev–Trinajstić information content (AvgIpc) is 2.88. The Morgan fingerprint density at radius 2 is 2.13 bits per heavy atom.